The number of fused-ring (bicyclic) bond motifs is 1. The average molecular weight is 344 g/mol. The summed E-state index contributed by atoms with van der Waals surface area (Å²) in [4.78, 5) is 30.3. The van der Waals surface area contributed by atoms with Crippen LogP contribution >= 0.6 is 0 Å². The van der Waals surface area contributed by atoms with Crippen molar-refractivity contribution in [2.45, 2.75) is 12.6 Å². The molecule has 2 amide bonds. The fraction of sp³-hybridized carbons (Fsp3) is 0.400. The second-order valence-electron chi connectivity index (χ2n) is 6.08. The van der Waals surface area contributed by atoms with Crippen molar-refractivity contribution < 1.29 is 14.2 Å². The largest absolute Gasteiger partial charge is 0.338 e. The van der Waals surface area contributed by atoms with Crippen LogP contribution in [-0.4, -0.2) is 63.1 Å². The molecule has 1 unspecified atom stereocenters. The van der Waals surface area contributed by atoms with Crippen LogP contribution in [-0.2, 0) is 6.54 Å². The van der Waals surface area contributed by atoms with Gasteiger partial charge in [-0.15, -0.1) is 0 Å². The number of hydrogen-bond acceptors (Lipinski definition) is 7. The van der Waals surface area contributed by atoms with Gasteiger partial charge in [0.15, 0.2) is 0 Å². The Balaban J connectivity index is 1.41. The van der Waals surface area contributed by atoms with E-state index in [9.17, 15) is 14.9 Å². The number of amides is 2. The van der Waals surface area contributed by atoms with Gasteiger partial charge >= 0.3 is 6.03 Å². The molecule has 0 bridgehead atoms. The average Bonchev–Trinajstić information content (AvgIpc) is 3.22. The Bertz CT molecular complexity index is 805. The maximum absolute atomic E-state index is 11.6. The number of nitro groups is 1. The van der Waals surface area contributed by atoms with E-state index in [2.05, 4.69) is 20.4 Å². The lowest BCUT2D eigenvalue weighted by atomic mass is 10.2. The molecular formula is C15H16N6O4. The summed E-state index contributed by atoms with van der Waals surface area (Å²) in [5.41, 5.74) is 0.682. The van der Waals surface area contributed by atoms with Gasteiger partial charge in [-0.25, -0.2) is 4.79 Å². The molecule has 2 aliphatic heterocycles. The van der Waals surface area contributed by atoms with E-state index in [0.717, 1.165) is 13.1 Å². The van der Waals surface area contributed by atoms with Crippen molar-refractivity contribution in [1.82, 2.24) is 25.3 Å². The molecule has 2 aromatic rings. The number of benzene rings is 1. The maximum Gasteiger partial charge on any atom is 0.317 e. The number of carbonyl (C=O) groups excluding carboxylic acids is 1. The van der Waals surface area contributed by atoms with Gasteiger partial charge in [0.05, 0.1) is 17.5 Å². The van der Waals surface area contributed by atoms with Crippen LogP contribution in [0.5, 0.6) is 0 Å². The fourth-order valence-electron chi connectivity index (χ4n) is 3.17. The molecule has 25 heavy (non-hydrogen) atoms. The van der Waals surface area contributed by atoms with Crippen LogP contribution in [0.1, 0.15) is 5.89 Å². The van der Waals surface area contributed by atoms with Crippen LogP contribution < -0.4 is 5.32 Å². The van der Waals surface area contributed by atoms with Crippen molar-refractivity contribution in [3.63, 3.8) is 0 Å². The van der Waals surface area contributed by atoms with Gasteiger partial charge in [0.25, 0.3) is 5.69 Å². The van der Waals surface area contributed by atoms with Crippen molar-refractivity contribution in [1.29, 1.82) is 0 Å². The van der Waals surface area contributed by atoms with E-state index in [1.807, 2.05) is 4.90 Å². The first kappa shape index (κ1) is 15.5. The van der Waals surface area contributed by atoms with Gasteiger partial charge < -0.3 is 14.7 Å². The van der Waals surface area contributed by atoms with Crippen LogP contribution in [0.15, 0.2) is 28.8 Å². The summed E-state index contributed by atoms with van der Waals surface area (Å²) in [5, 5.41) is 17.5. The van der Waals surface area contributed by atoms with Crippen molar-refractivity contribution in [2.75, 3.05) is 26.2 Å². The number of rotatable bonds is 4. The van der Waals surface area contributed by atoms with Crippen molar-refractivity contribution in [2.24, 2.45) is 0 Å². The molecule has 2 saturated heterocycles. The lowest BCUT2D eigenvalue weighted by Crippen LogP contribution is -2.51. The molecule has 1 aromatic heterocycles. The number of piperazine rings is 1. The van der Waals surface area contributed by atoms with Gasteiger partial charge in [0.2, 0.25) is 11.7 Å². The lowest BCUT2D eigenvalue weighted by Gasteiger charge is -2.35. The minimum Gasteiger partial charge on any atom is -0.338 e. The highest BCUT2D eigenvalue weighted by atomic mass is 16.6. The molecule has 0 spiro atoms. The molecule has 1 atom stereocenters. The van der Waals surface area contributed by atoms with Gasteiger partial charge in [0, 0.05) is 43.9 Å². The first-order valence-corrected chi connectivity index (χ1v) is 7.94. The number of nitrogens with zero attached hydrogens (tertiary/aromatic N) is 5. The Morgan fingerprint density at radius 1 is 1.32 bits per heavy atom. The van der Waals surface area contributed by atoms with E-state index in [4.69, 9.17) is 4.52 Å². The zero-order valence-electron chi connectivity index (χ0n) is 13.3. The molecule has 1 aromatic carbocycles. The predicted molar refractivity (Wildman–Crippen MR) is 85.6 cm³/mol. The highest BCUT2D eigenvalue weighted by Gasteiger charge is 2.35. The minimum absolute atomic E-state index is 0.00268. The molecule has 4 rings (SSSR count). The SMILES string of the molecule is O=C1NCC2CN(Cc3nc(-c4ccc([N+](=O)[O-])cc4)no3)CCN12. The zero-order chi connectivity index (χ0) is 17.4. The quantitative estimate of drug-likeness (QED) is 0.645. The van der Waals surface area contributed by atoms with Gasteiger partial charge in [-0.05, 0) is 12.1 Å². The third kappa shape index (κ3) is 3.03. The number of hydrogen-bond donors (Lipinski definition) is 1. The molecule has 0 radical (unpaired) electrons. The highest BCUT2D eigenvalue weighted by molar-refractivity contribution is 5.77. The van der Waals surface area contributed by atoms with Crippen molar-refractivity contribution in [3.8, 4) is 11.4 Å². The molecule has 3 heterocycles. The number of nitrogens with one attached hydrogen (secondary N) is 1. The lowest BCUT2D eigenvalue weighted by molar-refractivity contribution is -0.384. The Labute approximate surface area is 142 Å². The smallest absolute Gasteiger partial charge is 0.317 e. The van der Waals surface area contributed by atoms with Crippen molar-refractivity contribution >= 4 is 11.7 Å². The second kappa shape index (κ2) is 6.13. The van der Waals surface area contributed by atoms with E-state index >= 15 is 0 Å². The summed E-state index contributed by atoms with van der Waals surface area (Å²) in [6.07, 6.45) is 0. The number of nitro benzene ring substituents is 1. The van der Waals surface area contributed by atoms with Gasteiger partial charge in [0.1, 0.15) is 0 Å². The van der Waals surface area contributed by atoms with Crippen molar-refractivity contribution in [3.05, 3.63) is 40.3 Å². The summed E-state index contributed by atoms with van der Waals surface area (Å²) < 4.78 is 5.30. The monoisotopic (exact) mass is 344 g/mol. The van der Waals surface area contributed by atoms with E-state index in [-0.39, 0.29) is 17.8 Å². The Kier molecular flexibility index (Phi) is 3.80. The number of urea groups is 1. The summed E-state index contributed by atoms with van der Waals surface area (Å²) in [7, 11) is 0. The van der Waals surface area contributed by atoms with Crippen LogP contribution in [0.3, 0.4) is 0 Å². The van der Waals surface area contributed by atoms with Crippen LogP contribution in [0, 0.1) is 10.1 Å². The normalized spacial score (nSPS) is 20.4. The summed E-state index contributed by atoms with van der Waals surface area (Å²) in [6.45, 7) is 3.36. The van der Waals surface area contributed by atoms with E-state index < -0.39 is 4.92 Å². The second-order valence-corrected chi connectivity index (χ2v) is 6.08. The van der Waals surface area contributed by atoms with E-state index in [0.29, 0.717) is 36.9 Å². The third-order valence-electron chi connectivity index (χ3n) is 4.48. The Hall–Kier alpha value is -3.01. The number of carbonyl (C=O) groups is 1. The first-order chi connectivity index (χ1) is 12.1. The predicted octanol–water partition coefficient (Wildman–Crippen LogP) is 0.854. The molecule has 0 aliphatic carbocycles. The summed E-state index contributed by atoms with van der Waals surface area (Å²) >= 11 is 0. The van der Waals surface area contributed by atoms with E-state index in [1.165, 1.54) is 12.1 Å². The van der Waals surface area contributed by atoms with Gasteiger partial charge in [-0.1, -0.05) is 5.16 Å². The summed E-state index contributed by atoms with van der Waals surface area (Å²) in [5.74, 6) is 0.889. The zero-order valence-corrected chi connectivity index (χ0v) is 13.3. The maximum atomic E-state index is 11.6. The molecule has 10 heteroatoms. The standard InChI is InChI=1S/C15H16N6O4/c22-15-16-7-12-8-19(5-6-20(12)15)9-13-17-14(18-25-13)10-1-3-11(4-2-10)21(23)24/h1-4,12H,5-9H2,(H,16,22). The Morgan fingerprint density at radius 2 is 2.12 bits per heavy atom. The van der Waals surface area contributed by atoms with Crippen LogP contribution in [0.25, 0.3) is 11.4 Å². The van der Waals surface area contributed by atoms with Gasteiger partial charge in [-0.3, -0.25) is 15.0 Å². The van der Waals surface area contributed by atoms with Crippen LogP contribution in [0.4, 0.5) is 10.5 Å². The number of non-ortho nitro benzene ring substituents is 1. The fourth-order valence-corrected chi connectivity index (χ4v) is 3.17. The minimum atomic E-state index is -0.451. The molecular weight excluding hydrogens is 328 g/mol. The molecule has 2 aliphatic rings. The van der Waals surface area contributed by atoms with Crippen LogP contribution in [0.2, 0.25) is 0 Å². The Morgan fingerprint density at radius 3 is 2.88 bits per heavy atom. The number of aromatic nitrogens is 2. The highest BCUT2D eigenvalue weighted by Crippen LogP contribution is 2.21. The molecule has 0 saturated carbocycles. The molecule has 1 N–H and O–H groups in total. The van der Waals surface area contributed by atoms with Gasteiger partial charge in [-0.2, -0.15) is 4.98 Å². The van der Waals surface area contributed by atoms with E-state index in [1.54, 1.807) is 12.1 Å². The third-order valence-corrected chi connectivity index (χ3v) is 4.48. The molecule has 130 valence electrons. The molecule has 2 fully saturated rings. The summed E-state index contributed by atoms with van der Waals surface area (Å²) in [6, 6.07) is 6.20. The topological polar surface area (TPSA) is 118 Å². The molecule has 10 nitrogen and oxygen atoms in total. The first-order valence-electron chi connectivity index (χ1n) is 7.94.